The first-order chi connectivity index (χ1) is 8.97. The molecule has 108 valence electrons. The number of rotatable bonds is 7. The molecule has 0 heterocycles. The van der Waals surface area contributed by atoms with Crippen molar-refractivity contribution in [3.8, 4) is 0 Å². The molecule has 0 aliphatic carbocycles. The molecule has 0 N–H and O–H groups in total. The molecular formula is C12H17ClFNO3S. The van der Waals surface area contributed by atoms with Gasteiger partial charge in [0.05, 0.1) is 11.5 Å². The van der Waals surface area contributed by atoms with Crippen LogP contribution in [0.15, 0.2) is 23.1 Å². The van der Waals surface area contributed by atoms with Gasteiger partial charge in [0.2, 0.25) is 10.0 Å². The summed E-state index contributed by atoms with van der Waals surface area (Å²) in [5.41, 5.74) is 0.388. The van der Waals surface area contributed by atoms with E-state index in [2.05, 4.69) is 0 Å². The molecule has 0 aliphatic rings. The van der Waals surface area contributed by atoms with Crippen molar-refractivity contribution in [2.45, 2.75) is 17.7 Å². The lowest BCUT2D eigenvalue weighted by molar-refractivity contribution is 0.180. The van der Waals surface area contributed by atoms with Crippen LogP contribution in [0.3, 0.4) is 0 Å². The number of halogens is 2. The van der Waals surface area contributed by atoms with Crippen LogP contribution in [0, 0.1) is 5.82 Å². The first-order valence-corrected chi connectivity index (χ1v) is 7.78. The zero-order chi connectivity index (χ0) is 14.5. The molecule has 0 radical (unpaired) electrons. The van der Waals surface area contributed by atoms with Crippen LogP contribution in [0.4, 0.5) is 4.39 Å². The lowest BCUT2D eigenvalue weighted by Gasteiger charge is -2.21. The van der Waals surface area contributed by atoms with Crippen molar-refractivity contribution in [2.24, 2.45) is 0 Å². The number of benzene rings is 1. The molecule has 0 bridgehead atoms. The molecule has 0 saturated carbocycles. The predicted molar refractivity (Wildman–Crippen MR) is 72.3 cm³/mol. The fourth-order valence-electron chi connectivity index (χ4n) is 1.66. The van der Waals surface area contributed by atoms with Crippen molar-refractivity contribution in [1.29, 1.82) is 0 Å². The van der Waals surface area contributed by atoms with Crippen molar-refractivity contribution in [2.75, 3.05) is 26.8 Å². The number of nitrogens with zero attached hydrogens (tertiary/aromatic N) is 1. The smallest absolute Gasteiger partial charge is 0.243 e. The topological polar surface area (TPSA) is 46.6 Å². The summed E-state index contributed by atoms with van der Waals surface area (Å²) < 4.78 is 44.3. The van der Waals surface area contributed by atoms with Crippen molar-refractivity contribution in [3.63, 3.8) is 0 Å². The first kappa shape index (κ1) is 16.4. The second-order valence-corrected chi connectivity index (χ2v) is 6.05. The van der Waals surface area contributed by atoms with Crippen LogP contribution < -0.4 is 0 Å². The van der Waals surface area contributed by atoms with Gasteiger partial charge in [-0.2, -0.15) is 4.31 Å². The molecular weight excluding hydrogens is 293 g/mol. The molecule has 0 saturated heterocycles. The molecule has 1 rings (SSSR count). The van der Waals surface area contributed by atoms with Gasteiger partial charge in [-0.3, -0.25) is 0 Å². The Balaban J connectivity index is 3.20. The summed E-state index contributed by atoms with van der Waals surface area (Å²) in [6.07, 6.45) is 0. The molecule has 0 aromatic heterocycles. The maximum Gasteiger partial charge on any atom is 0.243 e. The van der Waals surface area contributed by atoms with Crippen LogP contribution in [-0.2, 0) is 20.6 Å². The summed E-state index contributed by atoms with van der Waals surface area (Å²) in [4.78, 5) is -0.0829. The Kier molecular flexibility index (Phi) is 6.19. The van der Waals surface area contributed by atoms with Gasteiger partial charge in [0.1, 0.15) is 5.82 Å². The van der Waals surface area contributed by atoms with Gasteiger partial charge in [-0.15, -0.1) is 11.6 Å². The molecule has 0 aliphatic heterocycles. The summed E-state index contributed by atoms with van der Waals surface area (Å²) in [6, 6.07) is 3.59. The van der Waals surface area contributed by atoms with E-state index < -0.39 is 15.8 Å². The Bertz CT molecular complexity index is 522. The molecule has 0 unspecified atom stereocenters. The van der Waals surface area contributed by atoms with E-state index in [1.54, 1.807) is 6.92 Å². The zero-order valence-corrected chi connectivity index (χ0v) is 12.5. The van der Waals surface area contributed by atoms with Gasteiger partial charge < -0.3 is 4.74 Å². The van der Waals surface area contributed by atoms with Gasteiger partial charge in [0.15, 0.2) is 0 Å². The highest BCUT2D eigenvalue weighted by molar-refractivity contribution is 7.89. The number of likely N-dealkylation sites (N-methyl/N-ethyl adjacent to an activating group) is 1. The van der Waals surface area contributed by atoms with E-state index in [9.17, 15) is 12.8 Å². The highest BCUT2D eigenvalue weighted by Gasteiger charge is 2.25. The first-order valence-electron chi connectivity index (χ1n) is 5.80. The molecule has 1 aromatic rings. The highest BCUT2D eigenvalue weighted by atomic mass is 35.5. The average molecular weight is 310 g/mol. The number of sulfonamides is 1. The Labute approximate surface area is 118 Å². The number of hydrogen-bond acceptors (Lipinski definition) is 3. The molecule has 0 spiro atoms. The lowest BCUT2D eigenvalue weighted by Crippen LogP contribution is -2.34. The van der Waals surface area contributed by atoms with Crippen molar-refractivity contribution in [1.82, 2.24) is 4.31 Å². The second-order valence-electron chi connectivity index (χ2n) is 3.88. The van der Waals surface area contributed by atoms with E-state index in [-0.39, 0.29) is 30.5 Å². The highest BCUT2D eigenvalue weighted by Crippen LogP contribution is 2.22. The summed E-state index contributed by atoms with van der Waals surface area (Å²) in [7, 11) is -2.27. The van der Waals surface area contributed by atoms with E-state index in [0.717, 1.165) is 6.07 Å². The maximum atomic E-state index is 13.3. The SMILES string of the molecule is CCN(CCOC)S(=O)(=O)c1cc(F)ccc1CCl. The van der Waals surface area contributed by atoms with Crippen LogP contribution in [0.5, 0.6) is 0 Å². The standard InChI is InChI=1S/C12H17ClFNO3S/c1-3-15(6-7-18-2)19(16,17)12-8-11(14)5-4-10(12)9-13/h4-5,8H,3,6-7,9H2,1-2H3. The molecule has 7 heteroatoms. The van der Waals surface area contributed by atoms with Gasteiger partial charge in [0.25, 0.3) is 0 Å². The fraction of sp³-hybridized carbons (Fsp3) is 0.500. The normalized spacial score (nSPS) is 12.1. The second kappa shape index (κ2) is 7.19. The lowest BCUT2D eigenvalue weighted by atomic mass is 10.2. The third kappa shape index (κ3) is 3.89. The zero-order valence-electron chi connectivity index (χ0n) is 10.9. The minimum absolute atomic E-state index is 0.0106. The van der Waals surface area contributed by atoms with Gasteiger partial charge in [0, 0.05) is 26.1 Å². The van der Waals surface area contributed by atoms with Crippen LogP contribution in [0.1, 0.15) is 12.5 Å². The van der Waals surface area contributed by atoms with Gasteiger partial charge in [-0.05, 0) is 17.7 Å². The van der Waals surface area contributed by atoms with Crippen molar-refractivity contribution < 1.29 is 17.5 Å². The van der Waals surface area contributed by atoms with E-state index in [4.69, 9.17) is 16.3 Å². The minimum Gasteiger partial charge on any atom is -0.383 e. The molecule has 0 atom stereocenters. The van der Waals surface area contributed by atoms with E-state index >= 15 is 0 Å². The summed E-state index contributed by atoms with van der Waals surface area (Å²) >= 11 is 5.71. The number of methoxy groups -OCH3 is 1. The van der Waals surface area contributed by atoms with E-state index in [1.807, 2.05) is 0 Å². The maximum absolute atomic E-state index is 13.3. The van der Waals surface area contributed by atoms with Crippen LogP contribution >= 0.6 is 11.6 Å². The van der Waals surface area contributed by atoms with Gasteiger partial charge in [-0.1, -0.05) is 13.0 Å². The molecule has 1 aromatic carbocycles. The van der Waals surface area contributed by atoms with Crippen LogP contribution in [-0.4, -0.2) is 39.5 Å². The van der Waals surface area contributed by atoms with E-state index in [0.29, 0.717) is 5.56 Å². The van der Waals surface area contributed by atoms with Crippen LogP contribution in [0.2, 0.25) is 0 Å². The summed E-state index contributed by atoms with van der Waals surface area (Å²) in [5, 5.41) is 0. The van der Waals surface area contributed by atoms with Gasteiger partial charge >= 0.3 is 0 Å². The third-order valence-electron chi connectivity index (χ3n) is 2.69. The predicted octanol–water partition coefficient (Wildman–Crippen LogP) is 2.22. The summed E-state index contributed by atoms with van der Waals surface area (Å²) in [6.45, 7) is 2.49. The third-order valence-corrected chi connectivity index (χ3v) is 5.03. The Hall–Kier alpha value is -0.690. The largest absolute Gasteiger partial charge is 0.383 e. The Morgan fingerprint density at radius 2 is 2.11 bits per heavy atom. The van der Waals surface area contributed by atoms with Crippen molar-refractivity contribution in [3.05, 3.63) is 29.6 Å². The molecule has 0 amide bonds. The molecule has 4 nitrogen and oxygen atoms in total. The Morgan fingerprint density at radius 3 is 2.63 bits per heavy atom. The quantitative estimate of drug-likeness (QED) is 0.726. The average Bonchev–Trinajstić information content (AvgIpc) is 2.39. The monoisotopic (exact) mass is 309 g/mol. The Morgan fingerprint density at radius 1 is 1.42 bits per heavy atom. The van der Waals surface area contributed by atoms with Crippen molar-refractivity contribution >= 4 is 21.6 Å². The van der Waals surface area contributed by atoms with Gasteiger partial charge in [-0.25, -0.2) is 12.8 Å². The summed E-state index contributed by atoms with van der Waals surface area (Å²) in [5.74, 6) is -0.591. The van der Waals surface area contributed by atoms with Crippen LogP contribution in [0.25, 0.3) is 0 Å². The number of ether oxygens (including phenoxy) is 1. The number of hydrogen-bond donors (Lipinski definition) is 0. The molecule has 0 fully saturated rings. The fourth-order valence-corrected chi connectivity index (χ4v) is 3.64. The minimum atomic E-state index is -3.76. The van der Waals surface area contributed by atoms with E-state index in [1.165, 1.54) is 23.5 Å². The number of alkyl halides is 1. The molecule has 19 heavy (non-hydrogen) atoms.